The maximum Gasteiger partial charge on any atom is 0.416 e. The molecule has 0 bridgehead atoms. The summed E-state index contributed by atoms with van der Waals surface area (Å²) in [6.45, 7) is 1.50. The van der Waals surface area contributed by atoms with E-state index in [1.807, 2.05) is 0 Å². The van der Waals surface area contributed by atoms with Gasteiger partial charge in [-0.3, -0.25) is 0 Å². The summed E-state index contributed by atoms with van der Waals surface area (Å²) in [5.74, 6) is -0.697. The summed E-state index contributed by atoms with van der Waals surface area (Å²) < 4.78 is 71.2. The van der Waals surface area contributed by atoms with Crippen LogP contribution in [0, 0.1) is 6.92 Å². The van der Waals surface area contributed by atoms with Gasteiger partial charge < -0.3 is 9.30 Å². The van der Waals surface area contributed by atoms with Crippen LogP contribution in [-0.2, 0) is 27.4 Å². The van der Waals surface area contributed by atoms with Crippen molar-refractivity contribution >= 4 is 39.0 Å². The molecule has 5 nitrogen and oxygen atoms in total. The lowest BCUT2D eigenvalue weighted by molar-refractivity contribution is -0.137. The summed E-state index contributed by atoms with van der Waals surface area (Å²) in [7, 11) is -3.45. The molecule has 3 aromatic carbocycles. The van der Waals surface area contributed by atoms with Gasteiger partial charge in [-0.05, 0) is 67.1 Å². The van der Waals surface area contributed by atoms with E-state index < -0.39 is 27.5 Å². The number of alkyl halides is 3. The molecule has 0 saturated heterocycles. The molecule has 1 heterocycles. The third-order valence-corrected chi connectivity index (χ3v) is 7.55. The van der Waals surface area contributed by atoms with Crippen molar-refractivity contribution in [3.05, 3.63) is 105 Å². The number of carbonyl (C=O) groups excluding carboxylic acids is 1. The number of sulfone groups is 1. The second-order valence-electron chi connectivity index (χ2n) is 8.52. The van der Waals surface area contributed by atoms with Crippen LogP contribution in [0.5, 0.6) is 0 Å². The van der Waals surface area contributed by atoms with E-state index in [1.165, 1.54) is 42.5 Å². The molecule has 0 amide bonds. The first-order chi connectivity index (χ1) is 17.8. The molecule has 11 heteroatoms. The van der Waals surface area contributed by atoms with Crippen molar-refractivity contribution in [2.24, 2.45) is 0 Å². The van der Waals surface area contributed by atoms with Gasteiger partial charge in [-0.25, -0.2) is 13.2 Å². The molecule has 0 spiro atoms. The lowest BCUT2D eigenvalue weighted by Gasteiger charge is -2.15. The fourth-order valence-electron chi connectivity index (χ4n) is 3.92. The van der Waals surface area contributed by atoms with Crippen molar-refractivity contribution in [2.75, 3.05) is 6.26 Å². The van der Waals surface area contributed by atoms with Crippen LogP contribution in [-0.4, -0.2) is 25.2 Å². The van der Waals surface area contributed by atoms with Crippen molar-refractivity contribution in [3.8, 4) is 16.9 Å². The summed E-state index contributed by atoms with van der Waals surface area (Å²) in [6.07, 6.45) is -3.47. The fourth-order valence-corrected chi connectivity index (χ4v) is 5.04. The Balaban J connectivity index is 1.77. The minimum Gasteiger partial charge on any atom is -0.457 e. The first kappa shape index (κ1) is 27.8. The highest BCUT2D eigenvalue weighted by Crippen LogP contribution is 2.34. The Morgan fingerprint density at radius 2 is 1.66 bits per heavy atom. The maximum absolute atomic E-state index is 13.5. The molecule has 0 saturated carbocycles. The lowest BCUT2D eigenvalue weighted by atomic mass is 10.1. The summed E-state index contributed by atoms with van der Waals surface area (Å²) in [5.41, 5.74) is 1.62. The van der Waals surface area contributed by atoms with E-state index in [0.29, 0.717) is 27.5 Å². The summed E-state index contributed by atoms with van der Waals surface area (Å²) in [5, 5.41) is 0.472. The highest BCUT2D eigenvalue weighted by atomic mass is 35.5. The minimum atomic E-state index is -4.55. The predicted molar refractivity (Wildman–Crippen MR) is 140 cm³/mol. The van der Waals surface area contributed by atoms with Crippen LogP contribution in [0.3, 0.4) is 0 Å². The van der Waals surface area contributed by atoms with Crippen molar-refractivity contribution in [1.82, 2.24) is 4.57 Å². The third kappa shape index (κ3) is 5.90. The number of esters is 1. The highest BCUT2D eigenvalue weighted by molar-refractivity contribution is 7.90. The van der Waals surface area contributed by atoms with Gasteiger partial charge in [0.2, 0.25) is 0 Å². The Hall–Kier alpha value is -3.27. The largest absolute Gasteiger partial charge is 0.457 e. The second-order valence-corrected chi connectivity index (χ2v) is 11.4. The molecule has 0 atom stereocenters. The number of nitrogens with zero attached hydrogens (tertiary/aromatic N) is 1. The average molecular weight is 582 g/mol. The van der Waals surface area contributed by atoms with E-state index >= 15 is 0 Å². The van der Waals surface area contributed by atoms with Crippen LogP contribution in [0.4, 0.5) is 13.2 Å². The van der Waals surface area contributed by atoms with E-state index in [0.717, 1.165) is 18.4 Å². The smallest absolute Gasteiger partial charge is 0.416 e. The molecule has 198 valence electrons. The van der Waals surface area contributed by atoms with Gasteiger partial charge in [-0.1, -0.05) is 41.4 Å². The Kier molecular flexibility index (Phi) is 7.65. The molecule has 0 aliphatic rings. The highest BCUT2D eigenvalue weighted by Gasteiger charge is 2.31. The van der Waals surface area contributed by atoms with Gasteiger partial charge in [0.15, 0.2) is 9.84 Å². The first-order valence-electron chi connectivity index (χ1n) is 11.1. The lowest BCUT2D eigenvalue weighted by Crippen LogP contribution is -2.08. The molecular weight excluding hydrogens is 562 g/mol. The number of halogens is 5. The summed E-state index contributed by atoms with van der Waals surface area (Å²) in [4.78, 5) is 12.7. The van der Waals surface area contributed by atoms with Crippen molar-refractivity contribution in [2.45, 2.75) is 24.6 Å². The topological polar surface area (TPSA) is 65.4 Å². The minimum absolute atomic E-state index is 0.101. The predicted octanol–water partition coefficient (Wildman–Crippen LogP) is 7.54. The van der Waals surface area contributed by atoms with Gasteiger partial charge >= 0.3 is 12.1 Å². The molecule has 0 N–H and O–H groups in total. The number of carbonyl (C=O) groups is 1. The Morgan fingerprint density at radius 1 is 0.974 bits per heavy atom. The molecule has 0 aliphatic carbocycles. The second kappa shape index (κ2) is 10.5. The van der Waals surface area contributed by atoms with Crippen molar-refractivity contribution in [1.29, 1.82) is 0 Å². The number of hydrogen-bond donors (Lipinski definition) is 0. The van der Waals surface area contributed by atoms with Crippen molar-refractivity contribution < 1.29 is 31.1 Å². The van der Waals surface area contributed by atoms with Gasteiger partial charge in [0.05, 0.1) is 26.7 Å². The van der Waals surface area contributed by atoms with Crippen LogP contribution >= 0.6 is 23.2 Å². The third-order valence-electron chi connectivity index (χ3n) is 5.87. The molecule has 38 heavy (non-hydrogen) atoms. The molecule has 1 aromatic heterocycles. The molecule has 0 unspecified atom stereocenters. The van der Waals surface area contributed by atoms with Crippen LogP contribution in [0.15, 0.2) is 77.7 Å². The van der Waals surface area contributed by atoms with E-state index in [-0.39, 0.29) is 27.8 Å². The Morgan fingerprint density at radius 3 is 2.26 bits per heavy atom. The molecular formula is C27H20Cl2F3NO4S. The van der Waals surface area contributed by atoms with Gasteiger partial charge in [0, 0.05) is 28.2 Å². The van der Waals surface area contributed by atoms with Crippen LogP contribution in [0.1, 0.15) is 27.2 Å². The average Bonchev–Trinajstić information content (AvgIpc) is 3.17. The Bertz CT molecular complexity index is 1630. The van der Waals surface area contributed by atoms with Gasteiger partial charge in [0.1, 0.15) is 6.61 Å². The zero-order valence-corrected chi connectivity index (χ0v) is 22.3. The standard InChI is InChI=1S/C27H20Cl2F3NO4S/c1-16-18(15-37-26(34)23-11-8-20(28)14-24(23)29)12-25(17-6-9-22(10-7-17)38(2,35)36)33(16)21-5-3-4-19(13-21)27(30,31)32/h3-14H,15H2,1-2H3. The van der Waals surface area contributed by atoms with Crippen molar-refractivity contribution in [3.63, 3.8) is 0 Å². The molecule has 0 fully saturated rings. The zero-order chi connectivity index (χ0) is 27.8. The number of ether oxygens (including phenoxy) is 1. The Labute approximate surface area is 227 Å². The number of benzene rings is 3. The van der Waals surface area contributed by atoms with E-state index in [4.69, 9.17) is 27.9 Å². The summed E-state index contributed by atoms with van der Waals surface area (Å²) in [6, 6.07) is 16.8. The van der Waals surface area contributed by atoms with Gasteiger partial charge in [0.25, 0.3) is 0 Å². The number of rotatable bonds is 6. The molecule has 4 aromatic rings. The normalized spacial score (nSPS) is 12.0. The number of aromatic nitrogens is 1. The van der Waals surface area contributed by atoms with E-state index in [1.54, 1.807) is 29.7 Å². The molecule has 0 aliphatic heterocycles. The van der Waals surface area contributed by atoms with E-state index in [9.17, 15) is 26.4 Å². The SMILES string of the molecule is Cc1c(COC(=O)c2ccc(Cl)cc2Cl)cc(-c2ccc(S(C)(=O)=O)cc2)n1-c1cccc(C(F)(F)F)c1. The fraction of sp³-hybridized carbons (Fsp3) is 0.148. The quantitative estimate of drug-likeness (QED) is 0.221. The molecule has 4 rings (SSSR count). The monoisotopic (exact) mass is 581 g/mol. The van der Waals surface area contributed by atoms with Crippen LogP contribution < -0.4 is 0 Å². The van der Waals surface area contributed by atoms with Gasteiger partial charge in [-0.2, -0.15) is 13.2 Å². The zero-order valence-electron chi connectivity index (χ0n) is 20.0. The van der Waals surface area contributed by atoms with Crippen LogP contribution in [0.2, 0.25) is 10.0 Å². The maximum atomic E-state index is 13.5. The summed E-state index contributed by atoms with van der Waals surface area (Å²) >= 11 is 12.0. The number of hydrogen-bond acceptors (Lipinski definition) is 4. The van der Waals surface area contributed by atoms with Crippen LogP contribution in [0.25, 0.3) is 16.9 Å². The van der Waals surface area contributed by atoms with E-state index in [2.05, 4.69) is 0 Å². The molecule has 0 radical (unpaired) electrons. The first-order valence-corrected chi connectivity index (χ1v) is 13.7. The van der Waals surface area contributed by atoms with Gasteiger partial charge in [-0.15, -0.1) is 0 Å².